The molecule has 0 nitrogen and oxygen atoms in total. The fraction of sp³-hybridized carbons (Fsp3) is 1.00. The van der Waals surface area contributed by atoms with Gasteiger partial charge in [-0.25, -0.2) is 0 Å². The zero-order valence-electron chi connectivity index (χ0n) is 9.51. The van der Waals surface area contributed by atoms with Crippen LogP contribution in [0, 0.1) is 0 Å². The van der Waals surface area contributed by atoms with Crippen LogP contribution in [0.25, 0.3) is 0 Å². The Kier molecular flexibility index (Phi) is 11.5. The Balaban J connectivity index is 2.91. The number of hydrogen-bond acceptors (Lipinski definition) is 1. The van der Waals surface area contributed by atoms with E-state index in [4.69, 9.17) is 0 Å². The zero-order valence-corrected chi connectivity index (χ0v) is 11.2. The lowest BCUT2D eigenvalue weighted by molar-refractivity contribution is 0.627. The van der Waals surface area contributed by atoms with Crippen LogP contribution in [-0.2, 0) is 0 Å². The zero-order chi connectivity index (χ0) is 9.94. The van der Waals surface area contributed by atoms with Gasteiger partial charge in [0.1, 0.15) is 0 Å². The van der Waals surface area contributed by atoms with Crippen LogP contribution in [0.3, 0.4) is 0 Å². The SMILES string of the molecule is CCCCCCCCSP(C)CC. The molecule has 0 heterocycles. The van der Waals surface area contributed by atoms with Gasteiger partial charge in [0.2, 0.25) is 0 Å². The van der Waals surface area contributed by atoms with E-state index in [1.165, 1.54) is 50.4 Å². The number of rotatable bonds is 9. The van der Waals surface area contributed by atoms with Gasteiger partial charge in [-0.3, -0.25) is 0 Å². The molecule has 0 rings (SSSR count). The molecular weight excluding hydrogens is 195 g/mol. The van der Waals surface area contributed by atoms with E-state index in [9.17, 15) is 0 Å². The summed E-state index contributed by atoms with van der Waals surface area (Å²) in [6, 6.07) is 0. The van der Waals surface area contributed by atoms with Crippen molar-refractivity contribution >= 4 is 18.5 Å². The van der Waals surface area contributed by atoms with Crippen LogP contribution in [0.15, 0.2) is 0 Å². The van der Waals surface area contributed by atoms with Crippen molar-refractivity contribution in [2.24, 2.45) is 0 Å². The van der Waals surface area contributed by atoms with Crippen molar-refractivity contribution in [2.45, 2.75) is 52.4 Å². The first-order chi connectivity index (χ1) is 6.31. The molecule has 0 amide bonds. The van der Waals surface area contributed by atoms with E-state index >= 15 is 0 Å². The molecule has 0 aliphatic carbocycles. The minimum absolute atomic E-state index is 0.311. The fourth-order valence-electron chi connectivity index (χ4n) is 1.19. The van der Waals surface area contributed by atoms with Crippen molar-refractivity contribution in [2.75, 3.05) is 18.6 Å². The molecule has 1 unspecified atom stereocenters. The quantitative estimate of drug-likeness (QED) is 0.383. The average Bonchev–Trinajstić information content (AvgIpc) is 2.16. The summed E-state index contributed by atoms with van der Waals surface area (Å²) in [6.07, 6.45) is 10.0. The number of unbranched alkanes of at least 4 members (excludes halogenated alkanes) is 5. The van der Waals surface area contributed by atoms with Crippen molar-refractivity contribution in [3.8, 4) is 0 Å². The fourth-order valence-corrected chi connectivity index (χ4v) is 3.89. The first-order valence-electron chi connectivity index (χ1n) is 5.65. The van der Waals surface area contributed by atoms with Gasteiger partial charge in [0.05, 0.1) is 0 Å². The van der Waals surface area contributed by atoms with E-state index in [0.29, 0.717) is 7.12 Å². The lowest BCUT2D eigenvalue weighted by atomic mass is 10.1. The molecule has 0 spiro atoms. The smallest absolute Gasteiger partial charge is 0.00259 e. The predicted molar refractivity (Wildman–Crippen MR) is 69.2 cm³/mol. The molecule has 0 bridgehead atoms. The van der Waals surface area contributed by atoms with Gasteiger partial charge in [0.25, 0.3) is 0 Å². The highest BCUT2D eigenvalue weighted by Gasteiger charge is 1.97. The van der Waals surface area contributed by atoms with Gasteiger partial charge in [0, 0.05) is 0 Å². The summed E-state index contributed by atoms with van der Waals surface area (Å²) < 4.78 is 0. The van der Waals surface area contributed by atoms with Crippen LogP contribution >= 0.6 is 18.5 Å². The molecule has 0 aliphatic heterocycles. The Labute approximate surface area is 89.8 Å². The maximum atomic E-state index is 2.40. The van der Waals surface area contributed by atoms with E-state index in [2.05, 4.69) is 31.9 Å². The van der Waals surface area contributed by atoms with Crippen molar-refractivity contribution in [3.63, 3.8) is 0 Å². The van der Waals surface area contributed by atoms with Gasteiger partial charge in [-0.05, 0) is 25.0 Å². The summed E-state index contributed by atoms with van der Waals surface area (Å²) in [5.41, 5.74) is 0. The third-order valence-corrected chi connectivity index (χ3v) is 6.70. The molecule has 0 saturated heterocycles. The molecule has 0 aromatic carbocycles. The highest BCUT2D eigenvalue weighted by Crippen LogP contribution is 2.45. The van der Waals surface area contributed by atoms with Crippen molar-refractivity contribution in [3.05, 3.63) is 0 Å². The van der Waals surface area contributed by atoms with Gasteiger partial charge < -0.3 is 0 Å². The largest absolute Gasteiger partial charge is 0.135 e. The molecule has 1 atom stereocenters. The Hall–Kier alpha value is 0.780. The normalized spacial score (nSPS) is 13.2. The van der Waals surface area contributed by atoms with Crippen molar-refractivity contribution in [1.82, 2.24) is 0 Å². The topological polar surface area (TPSA) is 0 Å². The highest BCUT2D eigenvalue weighted by molar-refractivity contribution is 8.55. The average molecular weight is 220 g/mol. The molecule has 13 heavy (non-hydrogen) atoms. The molecule has 2 heteroatoms. The molecule has 0 aliphatic rings. The van der Waals surface area contributed by atoms with Crippen LogP contribution in [0.5, 0.6) is 0 Å². The van der Waals surface area contributed by atoms with Gasteiger partial charge >= 0.3 is 0 Å². The highest BCUT2D eigenvalue weighted by atomic mass is 32.7. The molecule has 0 saturated carbocycles. The van der Waals surface area contributed by atoms with E-state index in [0.717, 1.165) is 0 Å². The molecule has 80 valence electrons. The Morgan fingerprint density at radius 1 is 0.923 bits per heavy atom. The van der Waals surface area contributed by atoms with Gasteiger partial charge in [-0.2, -0.15) is 0 Å². The lowest BCUT2D eigenvalue weighted by Gasteiger charge is -2.07. The molecule has 0 fully saturated rings. The van der Waals surface area contributed by atoms with E-state index in [1.807, 2.05) is 0 Å². The Morgan fingerprint density at radius 2 is 1.54 bits per heavy atom. The lowest BCUT2D eigenvalue weighted by Crippen LogP contribution is -1.82. The molecule has 0 aromatic rings. The van der Waals surface area contributed by atoms with Gasteiger partial charge in [-0.15, -0.1) is 11.4 Å². The summed E-state index contributed by atoms with van der Waals surface area (Å²) in [5.74, 6) is 1.40. The van der Waals surface area contributed by atoms with Gasteiger partial charge in [-0.1, -0.05) is 53.1 Å². The van der Waals surface area contributed by atoms with Crippen LogP contribution in [0.2, 0.25) is 0 Å². The maximum absolute atomic E-state index is 2.40. The maximum Gasteiger partial charge on any atom is -0.00259 e. The molecule has 0 N–H and O–H groups in total. The third-order valence-electron chi connectivity index (χ3n) is 2.25. The monoisotopic (exact) mass is 220 g/mol. The first kappa shape index (κ1) is 13.8. The second-order valence-corrected chi connectivity index (χ2v) is 8.74. The van der Waals surface area contributed by atoms with Gasteiger partial charge in [0.15, 0.2) is 0 Å². The molecular formula is C11H25PS. The summed E-state index contributed by atoms with van der Waals surface area (Å²) >= 11 is 2.20. The predicted octanol–water partition coefficient (Wildman–Crippen LogP) is 5.13. The van der Waals surface area contributed by atoms with Crippen LogP contribution in [-0.4, -0.2) is 18.6 Å². The summed E-state index contributed by atoms with van der Waals surface area (Å²) in [6.45, 7) is 6.98. The van der Waals surface area contributed by atoms with Crippen molar-refractivity contribution < 1.29 is 0 Å². The molecule has 0 aromatic heterocycles. The van der Waals surface area contributed by atoms with E-state index in [1.54, 1.807) is 0 Å². The summed E-state index contributed by atoms with van der Waals surface area (Å²) in [4.78, 5) is 0. The van der Waals surface area contributed by atoms with E-state index in [-0.39, 0.29) is 0 Å². The minimum Gasteiger partial charge on any atom is -0.135 e. The van der Waals surface area contributed by atoms with Crippen LogP contribution in [0.4, 0.5) is 0 Å². The second-order valence-electron chi connectivity index (χ2n) is 3.55. The Bertz CT molecular complexity index is 96.1. The second kappa shape index (κ2) is 10.9. The van der Waals surface area contributed by atoms with E-state index < -0.39 is 0 Å². The third kappa shape index (κ3) is 10.7. The standard InChI is InChI=1S/C11H25PS/c1-4-6-7-8-9-10-11-13-12(3)5-2/h4-11H2,1-3H3. The number of hydrogen-bond donors (Lipinski definition) is 0. The Morgan fingerprint density at radius 3 is 2.15 bits per heavy atom. The summed E-state index contributed by atoms with van der Waals surface area (Å²) in [5, 5.41) is 0. The van der Waals surface area contributed by atoms with Crippen LogP contribution < -0.4 is 0 Å². The molecule has 0 radical (unpaired) electrons. The van der Waals surface area contributed by atoms with Crippen molar-refractivity contribution in [1.29, 1.82) is 0 Å². The van der Waals surface area contributed by atoms with Crippen LogP contribution in [0.1, 0.15) is 52.4 Å². The summed E-state index contributed by atoms with van der Waals surface area (Å²) in [7, 11) is 0.311. The minimum atomic E-state index is 0.311. The first-order valence-corrected chi connectivity index (χ1v) is 9.21.